The number of nitrogens with one attached hydrogen (secondary N) is 1. The molecule has 0 aliphatic carbocycles. The fraction of sp³-hybridized carbons (Fsp3) is 0. The first-order valence-electron chi connectivity index (χ1n) is 8.09. The maximum absolute atomic E-state index is 13.0. The number of carbonyl (C=O) groups excluding carboxylic acids is 2. The van der Waals surface area contributed by atoms with Gasteiger partial charge in [-0.05, 0) is 6.08 Å². The Balaban J connectivity index is 1.65. The van der Waals surface area contributed by atoms with Crippen LogP contribution >= 0.6 is 11.3 Å². The molecule has 4 aromatic rings. The van der Waals surface area contributed by atoms with E-state index >= 15 is 0 Å². The van der Waals surface area contributed by atoms with Crippen molar-refractivity contribution in [2.45, 2.75) is 0 Å². The third kappa shape index (κ3) is 3.42. The highest BCUT2D eigenvalue weighted by Crippen LogP contribution is 2.23. The van der Waals surface area contributed by atoms with E-state index in [9.17, 15) is 14.0 Å². The van der Waals surface area contributed by atoms with Gasteiger partial charge in [0.15, 0.2) is 10.7 Å². The van der Waals surface area contributed by atoms with Crippen molar-refractivity contribution >= 4 is 40.3 Å². The van der Waals surface area contributed by atoms with Gasteiger partial charge in [0.1, 0.15) is 5.52 Å². The topological polar surface area (TPSA) is 115 Å². The first-order chi connectivity index (χ1) is 13.5. The Morgan fingerprint density at radius 3 is 2.64 bits per heavy atom. The molecule has 0 unspecified atom stereocenters. The minimum atomic E-state index is -0.666. The number of rotatable bonds is 5. The number of H-pyrrole nitrogens is 1. The number of hydrogen-bond donors (Lipinski definition) is 2. The number of aromatic nitrogens is 4. The van der Waals surface area contributed by atoms with E-state index in [-0.39, 0.29) is 10.8 Å². The smallest absolute Gasteiger partial charge is 0.241 e. The third-order valence-corrected chi connectivity index (χ3v) is 4.76. The molecule has 4 rings (SSSR count). The zero-order valence-electron chi connectivity index (χ0n) is 14.2. The van der Waals surface area contributed by atoms with Crippen molar-refractivity contribution in [3.05, 3.63) is 70.2 Å². The van der Waals surface area contributed by atoms with Crippen LogP contribution in [0.25, 0.3) is 28.5 Å². The summed E-state index contributed by atoms with van der Waals surface area (Å²) in [6.45, 7) is 0. The van der Waals surface area contributed by atoms with E-state index in [4.69, 9.17) is 5.73 Å². The van der Waals surface area contributed by atoms with Crippen molar-refractivity contribution in [1.29, 1.82) is 0 Å². The van der Waals surface area contributed by atoms with Crippen LogP contribution in [0.5, 0.6) is 0 Å². The molecule has 1 aromatic carbocycles. The first kappa shape index (κ1) is 17.7. The van der Waals surface area contributed by atoms with Gasteiger partial charge >= 0.3 is 0 Å². The summed E-state index contributed by atoms with van der Waals surface area (Å²) >= 11 is 0.963. The van der Waals surface area contributed by atoms with Crippen LogP contribution in [0.3, 0.4) is 0 Å². The van der Waals surface area contributed by atoms with Crippen LogP contribution in [0.1, 0.15) is 20.9 Å². The van der Waals surface area contributed by atoms with Gasteiger partial charge in [-0.15, -0.1) is 11.3 Å². The summed E-state index contributed by atoms with van der Waals surface area (Å²) in [5.74, 6) is -1.56. The van der Waals surface area contributed by atoms with Crippen LogP contribution in [-0.4, -0.2) is 31.6 Å². The summed E-state index contributed by atoms with van der Waals surface area (Å²) in [6, 6.07) is 6.74. The lowest BCUT2D eigenvalue weighted by atomic mass is 10.1. The number of benzene rings is 1. The molecule has 0 saturated carbocycles. The standard InChI is InChI=1S/C19H12FN5O2S/c20-14-9-28-19(25-14)17(27)11-3-1-10(2-4-11)13-8-23-18-16(24-13)12(7-22-18)5-6-15(21)26/h1-9H,(H2,21,26)(H,22,23). The minimum absolute atomic E-state index is 0.102. The number of nitrogens with zero attached hydrogens (tertiary/aromatic N) is 3. The lowest BCUT2D eigenvalue weighted by Gasteiger charge is -2.03. The summed E-state index contributed by atoms with van der Waals surface area (Å²) in [5.41, 5.74) is 8.73. The Morgan fingerprint density at radius 1 is 1.18 bits per heavy atom. The number of thiazole rings is 1. The molecule has 7 nitrogen and oxygen atoms in total. The van der Waals surface area contributed by atoms with Gasteiger partial charge in [-0.1, -0.05) is 24.3 Å². The number of primary amides is 1. The molecule has 3 N–H and O–H groups in total. The molecule has 0 fully saturated rings. The molecule has 138 valence electrons. The molecule has 0 atom stereocenters. The number of nitrogens with two attached hydrogens (primary N) is 1. The molecule has 1 amide bonds. The van der Waals surface area contributed by atoms with Gasteiger partial charge < -0.3 is 10.7 Å². The maximum Gasteiger partial charge on any atom is 0.241 e. The zero-order chi connectivity index (χ0) is 19.7. The van der Waals surface area contributed by atoms with E-state index < -0.39 is 11.9 Å². The largest absolute Gasteiger partial charge is 0.366 e. The van der Waals surface area contributed by atoms with Crippen molar-refractivity contribution in [3.63, 3.8) is 0 Å². The second-order valence-corrected chi connectivity index (χ2v) is 6.67. The number of halogens is 1. The second-order valence-electron chi connectivity index (χ2n) is 5.81. The predicted molar refractivity (Wildman–Crippen MR) is 103 cm³/mol. The van der Waals surface area contributed by atoms with Crippen LogP contribution in [0.4, 0.5) is 4.39 Å². The van der Waals surface area contributed by atoms with Crippen LogP contribution in [0.15, 0.2) is 48.1 Å². The highest BCUT2D eigenvalue weighted by Gasteiger charge is 2.14. The van der Waals surface area contributed by atoms with Gasteiger partial charge in [-0.3, -0.25) is 9.59 Å². The van der Waals surface area contributed by atoms with Gasteiger partial charge in [0.2, 0.25) is 17.6 Å². The number of hydrogen-bond acceptors (Lipinski definition) is 6. The zero-order valence-corrected chi connectivity index (χ0v) is 15.0. The average Bonchev–Trinajstić information content (AvgIpc) is 3.31. The summed E-state index contributed by atoms with van der Waals surface area (Å²) in [6.07, 6.45) is 6.10. The van der Waals surface area contributed by atoms with E-state index in [0.717, 1.165) is 16.9 Å². The Labute approximate surface area is 161 Å². The second kappa shape index (κ2) is 7.12. The number of aromatic amines is 1. The minimum Gasteiger partial charge on any atom is -0.366 e. The van der Waals surface area contributed by atoms with Gasteiger partial charge in [0.25, 0.3) is 0 Å². The predicted octanol–water partition coefficient (Wildman–Crippen LogP) is 2.95. The molecule has 3 heterocycles. The van der Waals surface area contributed by atoms with Crippen LogP contribution in [-0.2, 0) is 4.79 Å². The molecule has 0 aliphatic rings. The van der Waals surface area contributed by atoms with E-state index in [1.807, 2.05) is 0 Å². The first-order valence-corrected chi connectivity index (χ1v) is 8.97. The monoisotopic (exact) mass is 393 g/mol. The van der Waals surface area contributed by atoms with E-state index in [0.29, 0.717) is 28.0 Å². The van der Waals surface area contributed by atoms with Crippen molar-refractivity contribution in [3.8, 4) is 11.3 Å². The van der Waals surface area contributed by atoms with E-state index in [1.54, 1.807) is 42.7 Å². The summed E-state index contributed by atoms with van der Waals surface area (Å²) < 4.78 is 13.0. The Bertz CT molecular complexity index is 1230. The van der Waals surface area contributed by atoms with Gasteiger partial charge in [-0.2, -0.15) is 4.39 Å². The third-order valence-electron chi connectivity index (χ3n) is 3.95. The highest BCUT2D eigenvalue weighted by molar-refractivity contribution is 7.11. The number of amides is 1. The summed E-state index contributed by atoms with van der Waals surface area (Å²) in [4.78, 5) is 38.7. The van der Waals surface area contributed by atoms with Crippen molar-refractivity contribution in [2.75, 3.05) is 0 Å². The van der Waals surface area contributed by atoms with E-state index in [1.165, 1.54) is 11.5 Å². The molecular formula is C19H12FN5O2S. The summed E-state index contributed by atoms with van der Waals surface area (Å²) in [7, 11) is 0. The Hall–Kier alpha value is -3.72. The number of fused-ring (bicyclic) bond motifs is 1. The van der Waals surface area contributed by atoms with Crippen molar-refractivity contribution < 1.29 is 14.0 Å². The quantitative estimate of drug-likeness (QED) is 0.400. The molecule has 9 heteroatoms. The van der Waals surface area contributed by atoms with Crippen molar-refractivity contribution in [2.24, 2.45) is 5.73 Å². The number of carbonyl (C=O) groups is 2. The number of ketones is 1. The highest BCUT2D eigenvalue weighted by atomic mass is 32.1. The normalized spacial score (nSPS) is 11.3. The van der Waals surface area contributed by atoms with Crippen LogP contribution < -0.4 is 5.73 Å². The molecule has 0 radical (unpaired) electrons. The SMILES string of the molecule is NC(=O)C=Cc1c[nH]c2ncc(-c3ccc(C(=O)c4nc(F)cs4)cc3)nc12. The Kier molecular flexibility index (Phi) is 4.50. The molecule has 0 saturated heterocycles. The molecule has 0 bridgehead atoms. The lowest BCUT2D eigenvalue weighted by Crippen LogP contribution is -2.05. The van der Waals surface area contributed by atoms with Crippen molar-refractivity contribution in [1.82, 2.24) is 19.9 Å². The molecule has 0 spiro atoms. The van der Waals surface area contributed by atoms with Gasteiger partial charge in [0, 0.05) is 34.3 Å². The molecule has 3 aromatic heterocycles. The van der Waals surface area contributed by atoms with Gasteiger partial charge in [0.05, 0.1) is 11.9 Å². The molecule has 0 aliphatic heterocycles. The fourth-order valence-electron chi connectivity index (χ4n) is 2.62. The average molecular weight is 393 g/mol. The lowest BCUT2D eigenvalue weighted by molar-refractivity contribution is -0.113. The fourth-order valence-corrected chi connectivity index (χ4v) is 3.25. The van der Waals surface area contributed by atoms with Crippen LogP contribution in [0, 0.1) is 5.95 Å². The van der Waals surface area contributed by atoms with E-state index in [2.05, 4.69) is 19.9 Å². The summed E-state index contributed by atoms with van der Waals surface area (Å²) in [5, 5.41) is 1.29. The maximum atomic E-state index is 13.0. The Morgan fingerprint density at radius 2 is 1.96 bits per heavy atom. The van der Waals surface area contributed by atoms with Gasteiger partial charge in [-0.25, -0.2) is 15.0 Å². The van der Waals surface area contributed by atoms with Crippen LogP contribution in [0.2, 0.25) is 0 Å². The molecule has 28 heavy (non-hydrogen) atoms. The molecular weight excluding hydrogens is 381 g/mol.